The normalized spacial score (nSPS) is 13.2. The molecule has 1 heteroatoms. The first kappa shape index (κ1) is 9.29. The maximum absolute atomic E-state index is 8.15. The topological polar surface area (TPSA) is 4.93 Å². The molecule has 0 fully saturated rings. The van der Waals surface area contributed by atoms with Crippen LogP contribution in [0.15, 0.2) is 48.5 Å². The average Bonchev–Trinajstić information content (AvgIpc) is 2.63. The number of rotatable bonds is 0. The molecule has 0 saturated carbocycles. The molecule has 2 aromatic carbocycles. The molecule has 0 radical (unpaired) electrons. The van der Waals surface area contributed by atoms with E-state index in [1.807, 2.05) is 18.2 Å². The molecular formula is C16H17N. The number of fused-ring (bicyclic) bond motifs is 3. The first-order valence-electron chi connectivity index (χ1n) is 6.49. The van der Waals surface area contributed by atoms with Crippen molar-refractivity contribution in [2.24, 2.45) is 0 Å². The SMILES string of the molecule is [2H]c1cccc2c1c1ccccc1n2C(C)(C)C. The van der Waals surface area contributed by atoms with Gasteiger partial charge in [-0.15, -0.1) is 0 Å². The molecule has 3 aromatic rings. The molecule has 0 N–H and O–H groups in total. The van der Waals surface area contributed by atoms with Gasteiger partial charge in [0.15, 0.2) is 0 Å². The summed E-state index contributed by atoms with van der Waals surface area (Å²) in [5, 5.41) is 2.23. The third-order valence-electron chi connectivity index (χ3n) is 3.16. The standard InChI is InChI=1S/C16H17N/c1-16(2,3)17-14-10-6-4-8-12(14)13-9-5-7-11-15(13)17/h4-11H,1-3H3/i8D. The van der Waals surface area contributed by atoms with E-state index in [9.17, 15) is 0 Å². The maximum atomic E-state index is 8.15. The molecule has 0 bridgehead atoms. The van der Waals surface area contributed by atoms with Gasteiger partial charge in [0.25, 0.3) is 0 Å². The molecule has 0 aliphatic carbocycles. The number of hydrogen-bond acceptors (Lipinski definition) is 0. The van der Waals surface area contributed by atoms with Crippen LogP contribution in [-0.4, -0.2) is 4.57 Å². The number of aromatic nitrogens is 1. The maximum Gasteiger partial charge on any atom is 0.0630 e. The summed E-state index contributed by atoms with van der Waals surface area (Å²) in [6.45, 7) is 6.61. The summed E-state index contributed by atoms with van der Waals surface area (Å²) in [6.07, 6.45) is 0. The molecular weight excluding hydrogens is 206 g/mol. The molecule has 1 heterocycles. The van der Waals surface area contributed by atoms with Crippen molar-refractivity contribution < 1.29 is 1.37 Å². The van der Waals surface area contributed by atoms with E-state index >= 15 is 0 Å². The van der Waals surface area contributed by atoms with Gasteiger partial charge in [0.1, 0.15) is 0 Å². The van der Waals surface area contributed by atoms with Crippen LogP contribution in [0.5, 0.6) is 0 Å². The molecule has 1 nitrogen and oxygen atoms in total. The summed E-state index contributed by atoms with van der Waals surface area (Å²) < 4.78 is 10.5. The van der Waals surface area contributed by atoms with Crippen LogP contribution >= 0.6 is 0 Å². The predicted octanol–water partition coefficient (Wildman–Crippen LogP) is 4.55. The van der Waals surface area contributed by atoms with E-state index in [0.717, 1.165) is 10.9 Å². The lowest BCUT2D eigenvalue weighted by molar-refractivity contribution is 0.423. The fraction of sp³-hybridized carbons (Fsp3) is 0.250. The van der Waals surface area contributed by atoms with Crippen molar-refractivity contribution >= 4 is 21.8 Å². The quantitative estimate of drug-likeness (QED) is 0.528. The highest BCUT2D eigenvalue weighted by atomic mass is 15.0. The van der Waals surface area contributed by atoms with Crippen LogP contribution in [0.25, 0.3) is 21.8 Å². The second kappa shape index (κ2) is 3.36. The van der Waals surface area contributed by atoms with Crippen LogP contribution in [0.2, 0.25) is 0 Å². The van der Waals surface area contributed by atoms with Gasteiger partial charge < -0.3 is 4.57 Å². The average molecular weight is 224 g/mol. The van der Waals surface area contributed by atoms with E-state index < -0.39 is 0 Å². The van der Waals surface area contributed by atoms with E-state index in [2.05, 4.69) is 49.6 Å². The van der Waals surface area contributed by atoms with E-state index in [-0.39, 0.29) is 5.54 Å². The second-order valence-electron chi connectivity index (χ2n) is 5.45. The lowest BCUT2D eigenvalue weighted by Gasteiger charge is -2.24. The third-order valence-corrected chi connectivity index (χ3v) is 3.16. The van der Waals surface area contributed by atoms with Crippen LogP contribution in [-0.2, 0) is 5.54 Å². The van der Waals surface area contributed by atoms with Crippen molar-refractivity contribution in [1.29, 1.82) is 0 Å². The van der Waals surface area contributed by atoms with Gasteiger partial charge in [0.2, 0.25) is 0 Å². The van der Waals surface area contributed by atoms with Crippen LogP contribution < -0.4 is 0 Å². The van der Waals surface area contributed by atoms with Gasteiger partial charge >= 0.3 is 0 Å². The molecule has 0 amide bonds. The summed E-state index contributed by atoms with van der Waals surface area (Å²) in [4.78, 5) is 0. The summed E-state index contributed by atoms with van der Waals surface area (Å²) >= 11 is 0. The lowest BCUT2D eigenvalue weighted by Crippen LogP contribution is -2.21. The molecule has 0 spiro atoms. The Morgan fingerprint density at radius 1 is 0.882 bits per heavy atom. The fourth-order valence-electron chi connectivity index (χ4n) is 2.56. The first-order chi connectivity index (χ1) is 8.50. The van der Waals surface area contributed by atoms with E-state index in [4.69, 9.17) is 1.37 Å². The van der Waals surface area contributed by atoms with E-state index in [0.29, 0.717) is 6.04 Å². The zero-order valence-corrected chi connectivity index (χ0v) is 10.5. The molecule has 86 valence electrons. The minimum atomic E-state index is 0.00907. The second-order valence-corrected chi connectivity index (χ2v) is 5.45. The van der Waals surface area contributed by atoms with Crippen LogP contribution in [0.4, 0.5) is 0 Å². The number of para-hydroxylation sites is 2. The zero-order valence-electron chi connectivity index (χ0n) is 11.5. The predicted molar refractivity (Wildman–Crippen MR) is 74.4 cm³/mol. The molecule has 17 heavy (non-hydrogen) atoms. The Morgan fingerprint density at radius 3 is 2.18 bits per heavy atom. The van der Waals surface area contributed by atoms with Gasteiger partial charge in [-0.2, -0.15) is 0 Å². The van der Waals surface area contributed by atoms with Gasteiger partial charge in [0.05, 0.1) is 1.37 Å². The van der Waals surface area contributed by atoms with Crippen molar-refractivity contribution in [3.05, 3.63) is 48.5 Å². The minimum absolute atomic E-state index is 0.00907. The molecule has 0 aliphatic heterocycles. The van der Waals surface area contributed by atoms with Crippen LogP contribution in [0.3, 0.4) is 0 Å². The largest absolute Gasteiger partial charge is 0.335 e. The van der Waals surface area contributed by atoms with E-state index in [1.54, 1.807) is 0 Å². The highest BCUT2D eigenvalue weighted by Gasteiger charge is 2.19. The van der Waals surface area contributed by atoms with Crippen LogP contribution in [0.1, 0.15) is 22.1 Å². The molecule has 3 rings (SSSR count). The van der Waals surface area contributed by atoms with Gasteiger partial charge in [-0.05, 0) is 32.9 Å². The Labute approximate surface area is 103 Å². The summed E-state index contributed by atoms with van der Waals surface area (Å²) in [5.74, 6) is 0. The summed E-state index contributed by atoms with van der Waals surface area (Å²) in [6, 6.07) is 14.9. The molecule has 1 aromatic heterocycles. The Balaban J connectivity index is 2.63. The van der Waals surface area contributed by atoms with Gasteiger partial charge in [-0.3, -0.25) is 0 Å². The number of benzene rings is 2. The lowest BCUT2D eigenvalue weighted by atomic mass is 10.1. The summed E-state index contributed by atoms with van der Waals surface area (Å²) in [7, 11) is 0. The molecule has 0 saturated heterocycles. The van der Waals surface area contributed by atoms with Gasteiger partial charge in [0, 0.05) is 27.3 Å². The van der Waals surface area contributed by atoms with Crippen molar-refractivity contribution in [3.63, 3.8) is 0 Å². The molecule has 0 aliphatic rings. The van der Waals surface area contributed by atoms with Gasteiger partial charge in [-0.25, -0.2) is 0 Å². The Morgan fingerprint density at radius 2 is 1.47 bits per heavy atom. The van der Waals surface area contributed by atoms with Gasteiger partial charge in [-0.1, -0.05) is 36.4 Å². The zero-order chi connectivity index (χ0) is 12.9. The molecule has 0 atom stereocenters. The first-order valence-corrected chi connectivity index (χ1v) is 5.99. The van der Waals surface area contributed by atoms with Crippen LogP contribution in [0, 0.1) is 0 Å². The monoisotopic (exact) mass is 224 g/mol. The highest BCUT2D eigenvalue weighted by Crippen LogP contribution is 2.33. The number of nitrogens with zero attached hydrogens (tertiary/aromatic N) is 1. The highest BCUT2D eigenvalue weighted by molar-refractivity contribution is 6.08. The fourth-order valence-corrected chi connectivity index (χ4v) is 2.56. The third kappa shape index (κ3) is 1.46. The smallest absolute Gasteiger partial charge is 0.0630 e. The minimum Gasteiger partial charge on any atom is -0.335 e. The van der Waals surface area contributed by atoms with Crippen molar-refractivity contribution in [1.82, 2.24) is 4.57 Å². The van der Waals surface area contributed by atoms with Crippen molar-refractivity contribution in [2.45, 2.75) is 26.3 Å². The summed E-state index contributed by atoms with van der Waals surface area (Å²) in [5.41, 5.74) is 2.37. The van der Waals surface area contributed by atoms with Crippen molar-refractivity contribution in [3.8, 4) is 0 Å². The number of hydrogen-bond donors (Lipinski definition) is 0. The Kier molecular flexibility index (Phi) is 1.84. The Bertz CT molecular complexity index is 732. The Hall–Kier alpha value is -1.76. The van der Waals surface area contributed by atoms with Crippen molar-refractivity contribution in [2.75, 3.05) is 0 Å². The molecule has 0 unspecified atom stereocenters. The van der Waals surface area contributed by atoms with E-state index in [1.165, 1.54) is 10.9 Å².